The molecule has 160 valence electrons. The van der Waals surface area contributed by atoms with E-state index in [1.165, 1.54) is 16.3 Å². The molecule has 6 heteroatoms. The van der Waals surface area contributed by atoms with Gasteiger partial charge in [-0.05, 0) is 22.9 Å². The Hall–Kier alpha value is -1.89. The molecule has 1 unspecified atom stereocenters. The molecule has 0 aromatic heterocycles. The van der Waals surface area contributed by atoms with Crippen LogP contribution in [-0.4, -0.2) is 28.8 Å². The first-order chi connectivity index (χ1) is 13.9. The Kier molecular flexibility index (Phi) is 6.90. The molecular formula is C24H25BrF3NO. The van der Waals surface area contributed by atoms with Gasteiger partial charge in [-0.3, -0.25) is 0 Å². The van der Waals surface area contributed by atoms with Crippen LogP contribution in [0.5, 0.6) is 0 Å². The molecule has 1 N–H and O–H groups in total. The zero-order valence-corrected chi connectivity index (χ0v) is 18.2. The Morgan fingerprint density at radius 2 is 1.60 bits per heavy atom. The molecule has 2 nitrogen and oxygen atoms in total. The molecule has 4 rings (SSSR count). The number of aliphatic hydroxyl groups excluding tert-OH is 1. The third-order valence-corrected chi connectivity index (χ3v) is 6.27. The average molecular weight is 480 g/mol. The van der Waals surface area contributed by atoms with Gasteiger partial charge in [0.2, 0.25) is 0 Å². The summed E-state index contributed by atoms with van der Waals surface area (Å²) < 4.78 is 39.4. The number of rotatable bonds is 5. The number of aliphatic hydroxyl groups is 1. The molecule has 1 fully saturated rings. The van der Waals surface area contributed by atoms with Crippen molar-refractivity contribution in [3.05, 3.63) is 83.4 Å². The molecule has 0 saturated carbocycles. The van der Waals surface area contributed by atoms with E-state index in [0.717, 1.165) is 43.6 Å². The number of alkyl halides is 3. The molecule has 1 aliphatic heterocycles. The zero-order chi connectivity index (χ0) is 20.5. The average Bonchev–Trinajstić information content (AvgIpc) is 3.10. The van der Waals surface area contributed by atoms with Gasteiger partial charge in [-0.15, -0.1) is 0 Å². The zero-order valence-electron chi connectivity index (χ0n) is 16.6. The first-order valence-corrected chi connectivity index (χ1v) is 10.0. The van der Waals surface area contributed by atoms with E-state index >= 15 is 0 Å². The molecule has 0 amide bonds. The molecule has 0 bridgehead atoms. The molecule has 1 heterocycles. The predicted molar refractivity (Wildman–Crippen MR) is 108 cm³/mol. The Bertz CT molecular complexity index is 984. The summed E-state index contributed by atoms with van der Waals surface area (Å²) in [4.78, 5) is 0. The number of hydrogen-bond donors (Lipinski definition) is 1. The normalized spacial score (nSPS) is 21.5. The second-order valence-corrected chi connectivity index (χ2v) is 8.07. The van der Waals surface area contributed by atoms with Crippen molar-refractivity contribution in [2.24, 2.45) is 0 Å². The van der Waals surface area contributed by atoms with Gasteiger partial charge in [0.1, 0.15) is 19.1 Å². The van der Waals surface area contributed by atoms with Crippen molar-refractivity contribution < 1.29 is 39.7 Å². The topological polar surface area (TPSA) is 20.2 Å². The van der Waals surface area contributed by atoms with Crippen LogP contribution in [0.25, 0.3) is 10.8 Å². The number of quaternary nitrogens is 1. The summed E-state index contributed by atoms with van der Waals surface area (Å²) in [6.45, 7) is 2.38. The van der Waals surface area contributed by atoms with Crippen molar-refractivity contribution in [1.29, 1.82) is 0 Å². The molecule has 0 spiro atoms. The van der Waals surface area contributed by atoms with E-state index in [2.05, 4.69) is 30.3 Å². The molecule has 3 aromatic carbocycles. The molecule has 0 aliphatic carbocycles. The quantitative estimate of drug-likeness (QED) is 0.557. The second kappa shape index (κ2) is 9.08. The molecule has 0 radical (unpaired) electrons. The smallest absolute Gasteiger partial charge is 0.416 e. The molecule has 1 saturated heterocycles. The Morgan fingerprint density at radius 3 is 2.30 bits per heavy atom. The number of benzene rings is 3. The van der Waals surface area contributed by atoms with Crippen LogP contribution >= 0.6 is 0 Å². The lowest BCUT2D eigenvalue weighted by molar-refractivity contribution is -0.964. The minimum atomic E-state index is -4.32. The molecular weight excluding hydrogens is 455 g/mol. The van der Waals surface area contributed by atoms with Gasteiger partial charge < -0.3 is 26.6 Å². The summed E-state index contributed by atoms with van der Waals surface area (Å²) >= 11 is 0. The van der Waals surface area contributed by atoms with E-state index in [9.17, 15) is 18.3 Å². The number of likely N-dealkylation sites (tertiary alicyclic amines) is 1. The first-order valence-electron chi connectivity index (χ1n) is 10.0. The number of hydrogen-bond acceptors (Lipinski definition) is 1. The van der Waals surface area contributed by atoms with Crippen molar-refractivity contribution in [2.45, 2.75) is 38.1 Å². The van der Waals surface area contributed by atoms with Crippen LogP contribution in [0.1, 0.15) is 29.5 Å². The van der Waals surface area contributed by atoms with Crippen LogP contribution < -0.4 is 17.0 Å². The maximum Gasteiger partial charge on any atom is 0.416 e. The van der Waals surface area contributed by atoms with Crippen molar-refractivity contribution in [1.82, 2.24) is 0 Å². The van der Waals surface area contributed by atoms with Crippen LogP contribution in [-0.2, 0) is 19.3 Å². The van der Waals surface area contributed by atoms with Crippen molar-refractivity contribution in [2.75, 3.05) is 13.2 Å². The van der Waals surface area contributed by atoms with Gasteiger partial charge in [0, 0.05) is 24.0 Å². The fraction of sp³-hybridized carbons (Fsp3) is 0.333. The van der Waals surface area contributed by atoms with E-state index in [4.69, 9.17) is 0 Å². The summed E-state index contributed by atoms with van der Waals surface area (Å²) in [5, 5.41) is 12.4. The van der Waals surface area contributed by atoms with Crippen LogP contribution in [0.3, 0.4) is 0 Å². The first kappa shape index (κ1) is 22.8. The second-order valence-electron chi connectivity index (χ2n) is 8.07. The summed E-state index contributed by atoms with van der Waals surface area (Å²) in [7, 11) is 0. The van der Waals surface area contributed by atoms with Gasteiger partial charge >= 0.3 is 6.18 Å². The number of fused-ring (bicyclic) bond motifs is 1. The monoisotopic (exact) mass is 479 g/mol. The van der Waals surface area contributed by atoms with Crippen molar-refractivity contribution in [3.63, 3.8) is 0 Å². The van der Waals surface area contributed by atoms with E-state index in [1.54, 1.807) is 12.1 Å². The molecule has 2 atom stereocenters. The fourth-order valence-electron chi connectivity index (χ4n) is 4.77. The van der Waals surface area contributed by atoms with Crippen LogP contribution in [0.15, 0.2) is 66.7 Å². The van der Waals surface area contributed by atoms with Crippen LogP contribution in [0, 0.1) is 0 Å². The van der Waals surface area contributed by atoms with Gasteiger partial charge in [-0.1, -0.05) is 54.6 Å². The largest absolute Gasteiger partial charge is 1.00 e. The van der Waals surface area contributed by atoms with Crippen molar-refractivity contribution >= 4 is 10.8 Å². The number of nitrogens with zero attached hydrogens (tertiary/aromatic N) is 1. The minimum absolute atomic E-state index is 0. The van der Waals surface area contributed by atoms with Crippen molar-refractivity contribution in [3.8, 4) is 0 Å². The van der Waals surface area contributed by atoms with Gasteiger partial charge in [0.25, 0.3) is 0 Å². The summed E-state index contributed by atoms with van der Waals surface area (Å²) in [6, 6.07) is 20.1. The van der Waals surface area contributed by atoms with Crippen LogP contribution in [0.2, 0.25) is 0 Å². The van der Waals surface area contributed by atoms with E-state index in [0.29, 0.717) is 11.0 Å². The Morgan fingerprint density at radius 1 is 0.900 bits per heavy atom. The van der Waals surface area contributed by atoms with Crippen LogP contribution in [0.4, 0.5) is 13.2 Å². The Balaban J connectivity index is 0.00000256. The minimum Gasteiger partial charge on any atom is -1.00 e. The molecule has 30 heavy (non-hydrogen) atoms. The lowest BCUT2D eigenvalue weighted by Gasteiger charge is -2.40. The third kappa shape index (κ3) is 4.56. The highest BCUT2D eigenvalue weighted by molar-refractivity contribution is 5.85. The number of halogens is 4. The highest BCUT2D eigenvalue weighted by Crippen LogP contribution is 2.35. The SMILES string of the molecule is OC[C@@H]1CCC[N+]1(Cc1ccc(C(F)(F)F)cc1)Cc1cccc2ccccc12.[Br-]. The lowest BCUT2D eigenvalue weighted by atomic mass is 10.0. The molecule has 3 aromatic rings. The van der Waals surface area contributed by atoms with E-state index in [1.807, 2.05) is 12.1 Å². The van der Waals surface area contributed by atoms with E-state index in [-0.39, 0.29) is 29.6 Å². The van der Waals surface area contributed by atoms with Gasteiger partial charge in [-0.2, -0.15) is 13.2 Å². The summed E-state index contributed by atoms with van der Waals surface area (Å²) in [5.74, 6) is 0. The predicted octanol–water partition coefficient (Wildman–Crippen LogP) is 2.53. The maximum atomic E-state index is 12.9. The van der Waals surface area contributed by atoms with E-state index < -0.39 is 11.7 Å². The Labute approximate surface area is 185 Å². The maximum absolute atomic E-state index is 12.9. The standard InChI is InChI=1S/C24H25F3NO.BrH/c25-24(26,27)21-12-10-18(11-13-21)15-28(14-4-8-22(28)17-29)16-20-7-3-6-19-5-1-2-9-23(19)20;/h1-3,5-7,9-13,22,29H,4,8,14-17H2;1H/q+1;/p-1/t22-,28?;/m0./s1. The molecule has 1 aliphatic rings. The van der Waals surface area contributed by atoms with Gasteiger partial charge in [0.15, 0.2) is 0 Å². The highest BCUT2D eigenvalue weighted by Gasteiger charge is 2.42. The summed E-state index contributed by atoms with van der Waals surface area (Å²) in [6.07, 6.45) is -2.38. The highest BCUT2D eigenvalue weighted by atomic mass is 79.9. The van der Waals surface area contributed by atoms with Gasteiger partial charge in [0.05, 0.1) is 18.7 Å². The third-order valence-electron chi connectivity index (χ3n) is 6.27. The van der Waals surface area contributed by atoms with Gasteiger partial charge in [-0.25, -0.2) is 0 Å². The lowest BCUT2D eigenvalue weighted by Crippen LogP contribution is -3.00. The fourth-order valence-corrected chi connectivity index (χ4v) is 4.77. The summed E-state index contributed by atoms with van der Waals surface area (Å²) in [5.41, 5.74) is 1.47.